The summed E-state index contributed by atoms with van der Waals surface area (Å²) in [6, 6.07) is 7.93. The van der Waals surface area contributed by atoms with Crippen LogP contribution in [0.2, 0.25) is 0 Å². The van der Waals surface area contributed by atoms with Crippen molar-refractivity contribution in [3.63, 3.8) is 0 Å². The van der Waals surface area contributed by atoms with Crippen molar-refractivity contribution in [3.05, 3.63) is 35.4 Å². The largest absolute Gasteiger partial charge is 0.342 e. The van der Waals surface area contributed by atoms with Gasteiger partial charge in [0.2, 0.25) is 5.91 Å². The first-order valence-corrected chi connectivity index (χ1v) is 13.0. The van der Waals surface area contributed by atoms with E-state index in [4.69, 9.17) is 0 Å². The van der Waals surface area contributed by atoms with E-state index >= 15 is 0 Å². The Morgan fingerprint density at radius 3 is 2.58 bits per heavy atom. The third kappa shape index (κ3) is 6.44. The maximum atomic E-state index is 13.1. The quantitative estimate of drug-likeness (QED) is 0.580. The van der Waals surface area contributed by atoms with Crippen molar-refractivity contribution in [2.75, 3.05) is 19.6 Å². The van der Waals surface area contributed by atoms with Crippen molar-refractivity contribution in [3.8, 4) is 0 Å². The van der Waals surface area contributed by atoms with Crippen molar-refractivity contribution in [2.24, 2.45) is 5.92 Å². The molecule has 1 aromatic rings. The van der Waals surface area contributed by atoms with Crippen molar-refractivity contribution < 1.29 is 17.2 Å². The van der Waals surface area contributed by atoms with E-state index < -0.39 is 0 Å². The van der Waals surface area contributed by atoms with Gasteiger partial charge in [-0.25, -0.2) is 0 Å². The fraction of sp³-hybridized carbons (Fsp3) is 0.667. The fourth-order valence-electron chi connectivity index (χ4n) is 5.41. The number of likely N-dealkylation sites (tertiary alicyclic amines) is 1. The first-order valence-electron chi connectivity index (χ1n) is 13.0. The molecule has 1 aliphatic heterocycles. The summed E-state index contributed by atoms with van der Waals surface area (Å²) in [4.78, 5) is 40.4. The van der Waals surface area contributed by atoms with Gasteiger partial charge < -0.3 is 15.5 Å². The Kier molecular flexibility index (Phi) is 8.18. The molecule has 184 valence electrons. The summed E-state index contributed by atoms with van der Waals surface area (Å²) in [5, 5.41) is 6.40. The fourth-order valence-corrected chi connectivity index (χ4v) is 5.41. The predicted molar refractivity (Wildman–Crippen MR) is 133 cm³/mol. The highest BCUT2D eigenvalue weighted by Gasteiger charge is 2.31. The zero-order valence-corrected chi connectivity index (χ0v) is 20.0. The number of rotatable bonds is 9. The maximum Gasteiger partial charge on any atom is 0.251 e. The number of piperidine rings is 1. The Labute approximate surface area is 200 Å². The minimum atomic E-state index is -0.381. The Hall–Kier alpha value is -2.21. The highest BCUT2D eigenvalue weighted by Crippen LogP contribution is 2.29. The molecular weight excluding hydrogens is 414 g/mol. The molecule has 0 aromatic heterocycles. The minimum absolute atomic E-state index is 0. The number of nitrogens with one attached hydrogen (secondary N) is 2. The van der Waals surface area contributed by atoms with Gasteiger partial charge in [0.25, 0.3) is 5.91 Å². The summed E-state index contributed by atoms with van der Waals surface area (Å²) in [6.07, 6.45) is 10.3. The van der Waals surface area contributed by atoms with Crippen LogP contribution in [0.15, 0.2) is 24.3 Å². The van der Waals surface area contributed by atoms with Gasteiger partial charge in [0.1, 0.15) is 0 Å². The van der Waals surface area contributed by atoms with Crippen LogP contribution in [-0.2, 0) is 9.59 Å². The van der Waals surface area contributed by atoms with E-state index in [0.717, 1.165) is 50.6 Å². The molecule has 2 aliphatic carbocycles. The van der Waals surface area contributed by atoms with E-state index in [1.807, 2.05) is 30.0 Å². The van der Waals surface area contributed by atoms with Crippen molar-refractivity contribution in [2.45, 2.75) is 89.1 Å². The van der Waals surface area contributed by atoms with Crippen LogP contribution < -0.4 is 10.6 Å². The topological polar surface area (TPSA) is 78.5 Å². The lowest BCUT2D eigenvalue weighted by atomic mass is 9.81. The summed E-state index contributed by atoms with van der Waals surface area (Å²) < 4.78 is 0. The summed E-state index contributed by atoms with van der Waals surface area (Å²) in [5.41, 5.74) is 1.71. The molecule has 1 aromatic carbocycles. The normalized spacial score (nSPS) is 22.6. The lowest BCUT2D eigenvalue weighted by Gasteiger charge is -2.33. The molecular formula is C27H43N3O3. The SMILES string of the molecule is CCC(=O)[C@H](NC(=O)c1cccc([C@@H]2CCCN(C(=O)CNC3CC3)C2)c1)C1CCCCC1.[HH].[HH]. The molecule has 2 atom stereocenters. The molecule has 2 amide bonds. The second-order valence-corrected chi connectivity index (χ2v) is 10.1. The van der Waals surface area contributed by atoms with Gasteiger partial charge in [0.05, 0.1) is 12.6 Å². The average Bonchev–Trinajstić information content (AvgIpc) is 3.70. The van der Waals surface area contributed by atoms with Crippen LogP contribution in [0.4, 0.5) is 0 Å². The minimum Gasteiger partial charge on any atom is -0.342 e. The number of Topliss-reactive ketones (excluding diaryl/α,β-unsaturated/α-hetero) is 1. The predicted octanol–water partition coefficient (Wildman–Crippen LogP) is 4.29. The van der Waals surface area contributed by atoms with Crippen LogP contribution in [0, 0.1) is 5.92 Å². The Balaban J connectivity index is 0.00000216. The Morgan fingerprint density at radius 1 is 1.06 bits per heavy atom. The monoisotopic (exact) mass is 457 g/mol. The average molecular weight is 458 g/mol. The van der Waals surface area contributed by atoms with Gasteiger partial charge >= 0.3 is 0 Å². The highest BCUT2D eigenvalue weighted by atomic mass is 16.2. The van der Waals surface area contributed by atoms with Crippen LogP contribution in [-0.4, -0.2) is 54.2 Å². The lowest BCUT2D eigenvalue weighted by Crippen LogP contribution is -2.46. The molecule has 2 saturated carbocycles. The highest BCUT2D eigenvalue weighted by molar-refractivity contribution is 5.98. The summed E-state index contributed by atoms with van der Waals surface area (Å²) in [7, 11) is 0. The van der Waals surface area contributed by atoms with E-state index in [2.05, 4.69) is 16.7 Å². The molecule has 1 heterocycles. The van der Waals surface area contributed by atoms with E-state index in [1.54, 1.807) is 0 Å². The van der Waals surface area contributed by atoms with Crippen LogP contribution in [0.1, 0.15) is 95.8 Å². The number of amides is 2. The van der Waals surface area contributed by atoms with Crippen molar-refractivity contribution in [1.29, 1.82) is 0 Å². The molecule has 1 saturated heterocycles. The van der Waals surface area contributed by atoms with Crippen LogP contribution in [0.5, 0.6) is 0 Å². The van der Waals surface area contributed by atoms with E-state index in [9.17, 15) is 14.4 Å². The van der Waals surface area contributed by atoms with E-state index in [1.165, 1.54) is 19.3 Å². The van der Waals surface area contributed by atoms with Gasteiger partial charge in [-0.2, -0.15) is 0 Å². The van der Waals surface area contributed by atoms with Gasteiger partial charge in [0, 0.05) is 39.9 Å². The first kappa shape index (κ1) is 23.9. The number of ketones is 1. The van der Waals surface area contributed by atoms with Gasteiger partial charge in [-0.05, 0) is 62.1 Å². The molecule has 33 heavy (non-hydrogen) atoms. The van der Waals surface area contributed by atoms with Gasteiger partial charge in [0.15, 0.2) is 5.78 Å². The number of carbonyl (C=O) groups excluding carboxylic acids is 3. The van der Waals surface area contributed by atoms with E-state index in [0.29, 0.717) is 31.1 Å². The van der Waals surface area contributed by atoms with Gasteiger partial charge in [-0.3, -0.25) is 14.4 Å². The van der Waals surface area contributed by atoms with Crippen molar-refractivity contribution >= 4 is 17.6 Å². The number of hydrogen-bond donors (Lipinski definition) is 2. The van der Waals surface area contributed by atoms with Crippen LogP contribution >= 0.6 is 0 Å². The molecule has 0 unspecified atom stereocenters. The molecule has 0 bridgehead atoms. The smallest absolute Gasteiger partial charge is 0.251 e. The molecule has 3 aliphatic rings. The maximum absolute atomic E-state index is 13.1. The summed E-state index contributed by atoms with van der Waals surface area (Å²) in [5.74, 6) is 0.636. The van der Waals surface area contributed by atoms with Crippen LogP contribution in [0.3, 0.4) is 0 Å². The molecule has 2 N–H and O–H groups in total. The molecule has 0 spiro atoms. The van der Waals surface area contributed by atoms with Gasteiger partial charge in [-0.1, -0.05) is 38.3 Å². The number of benzene rings is 1. The standard InChI is InChI=1S/C27H39N3O3.2H2/c1-2-24(31)26(19-8-4-3-5-9-19)29-27(33)21-11-6-10-20(16-21)22-12-7-15-30(18-22)25(32)17-28-23-13-14-23;;/h6,10-11,16,19,22-23,26,28H,2-5,7-9,12-15,17-18H2,1H3,(H,29,33);2*1H/t22-,26-;;/m1../s1. The number of nitrogens with zero attached hydrogens (tertiary/aromatic N) is 1. The van der Waals surface area contributed by atoms with E-state index in [-0.39, 0.29) is 38.3 Å². The molecule has 6 nitrogen and oxygen atoms in total. The number of carbonyl (C=O) groups is 3. The lowest BCUT2D eigenvalue weighted by molar-refractivity contribution is -0.131. The van der Waals surface area contributed by atoms with Crippen molar-refractivity contribution in [1.82, 2.24) is 15.5 Å². The molecule has 0 radical (unpaired) electrons. The summed E-state index contributed by atoms with van der Waals surface area (Å²) in [6.45, 7) is 3.81. The number of hydrogen-bond acceptors (Lipinski definition) is 4. The second kappa shape index (κ2) is 11.3. The Bertz CT molecular complexity index is 856. The third-order valence-corrected chi connectivity index (χ3v) is 7.62. The summed E-state index contributed by atoms with van der Waals surface area (Å²) >= 11 is 0. The zero-order chi connectivity index (χ0) is 23.2. The zero-order valence-electron chi connectivity index (χ0n) is 20.0. The first-order chi connectivity index (χ1) is 16.0. The third-order valence-electron chi connectivity index (χ3n) is 7.62. The van der Waals surface area contributed by atoms with Crippen LogP contribution in [0.25, 0.3) is 0 Å². The Morgan fingerprint density at radius 2 is 1.85 bits per heavy atom. The molecule has 3 fully saturated rings. The van der Waals surface area contributed by atoms with Gasteiger partial charge in [-0.15, -0.1) is 0 Å². The second-order valence-electron chi connectivity index (χ2n) is 10.1. The molecule has 4 rings (SSSR count). The molecule has 6 heteroatoms.